The summed E-state index contributed by atoms with van der Waals surface area (Å²) in [6.45, 7) is 4.02. The van der Waals surface area contributed by atoms with Crippen LogP contribution in [0.1, 0.15) is 30.1 Å². The minimum atomic E-state index is 0.419. The molecule has 5 nitrogen and oxygen atoms in total. The van der Waals surface area contributed by atoms with E-state index < -0.39 is 0 Å². The number of aromatic nitrogens is 3. The number of fused-ring (bicyclic) bond motifs is 1. The topological polar surface area (TPSA) is 43.2 Å². The molecule has 94 valence electrons. The Kier molecular flexibility index (Phi) is 2.88. The number of rotatable bonds is 4. The summed E-state index contributed by atoms with van der Waals surface area (Å²) in [5.74, 6) is 1.35. The second-order valence-electron chi connectivity index (χ2n) is 5.33. The summed E-state index contributed by atoms with van der Waals surface area (Å²) in [4.78, 5) is 2.51. The Hall–Kier alpha value is -0.940. The largest absolute Gasteiger partial charge is 0.384 e. The van der Waals surface area contributed by atoms with Crippen LogP contribution in [0.4, 0.5) is 0 Å². The summed E-state index contributed by atoms with van der Waals surface area (Å²) in [7, 11) is 3.74. The van der Waals surface area contributed by atoms with Gasteiger partial charge in [-0.25, -0.2) is 0 Å². The summed E-state index contributed by atoms with van der Waals surface area (Å²) in [6, 6.07) is 0. The molecule has 1 aliphatic heterocycles. The third-order valence-electron chi connectivity index (χ3n) is 3.76. The van der Waals surface area contributed by atoms with Crippen molar-refractivity contribution >= 4 is 0 Å². The van der Waals surface area contributed by atoms with Gasteiger partial charge >= 0.3 is 0 Å². The highest BCUT2D eigenvalue weighted by molar-refractivity contribution is 5.19. The van der Waals surface area contributed by atoms with E-state index in [4.69, 9.17) is 4.74 Å². The molecule has 0 N–H and O–H groups in total. The fourth-order valence-electron chi connectivity index (χ4n) is 2.83. The Morgan fingerprint density at radius 2 is 2.24 bits per heavy atom. The molecule has 2 heterocycles. The third-order valence-corrected chi connectivity index (χ3v) is 3.76. The van der Waals surface area contributed by atoms with E-state index in [2.05, 4.69) is 15.2 Å². The molecule has 1 aliphatic carbocycles. The van der Waals surface area contributed by atoms with Gasteiger partial charge in [-0.2, -0.15) is 0 Å². The quantitative estimate of drug-likeness (QED) is 0.774. The van der Waals surface area contributed by atoms with Gasteiger partial charge in [0.25, 0.3) is 0 Å². The van der Waals surface area contributed by atoms with E-state index in [9.17, 15) is 0 Å². The Labute approximate surface area is 102 Å². The van der Waals surface area contributed by atoms with Gasteiger partial charge in [-0.05, 0) is 18.8 Å². The van der Waals surface area contributed by atoms with E-state index in [1.807, 2.05) is 11.7 Å². The average molecular weight is 236 g/mol. The lowest BCUT2D eigenvalue weighted by atomic mass is 9.99. The van der Waals surface area contributed by atoms with Crippen molar-refractivity contribution in [2.24, 2.45) is 13.0 Å². The molecule has 17 heavy (non-hydrogen) atoms. The van der Waals surface area contributed by atoms with Gasteiger partial charge in [-0.1, -0.05) is 5.21 Å². The fourth-order valence-corrected chi connectivity index (χ4v) is 2.83. The normalized spacial score (nSPS) is 24.9. The average Bonchev–Trinajstić information content (AvgIpc) is 3.03. The van der Waals surface area contributed by atoms with Crippen molar-refractivity contribution in [2.75, 3.05) is 26.8 Å². The van der Waals surface area contributed by atoms with Crippen LogP contribution in [0, 0.1) is 5.92 Å². The molecule has 1 fully saturated rings. The molecule has 1 atom stereocenters. The number of aryl methyl sites for hydroxylation is 1. The van der Waals surface area contributed by atoms with Crippen molar-refractivity contribution in [2.45, 2.75) is 25.3 Å². The number of hydrogen-bond donors (Lipinski definition) is 0. The molecule has 0 amide bonds. The minimum Gasteiger partial charge on any atom is -0.384 e. The van der Waals surface area contributed by atoms with Crippen LogP contribution in [0.3, 0.4) is 0 Å². The highest BCUT2D eigenvalue weighted by Crippen LogP contribution is 2.33. The predicted octanol–water partition coefficient (Wildman–Crippen LogP) is 0.771. The highest BCUT2D eigenvalue weighted by Gasteiger charge is 2.32. The van der Waals surface area contributed by atoms with E-state index >= 15 is 0 Å². The molecule has 2 aliphatic rings. The molecular formula is C12H20N4O. The fraction of sp³-hybridized carbons (Fsp3) is 0.833. The number of ether oxygens (including phenoxy) is 1. The van der Waals surface area contributed by atoms with Crippen molar-refractivity contribution in [3.05, 3.63) is 11.4 Å². The van der Waals surface area contributed by atoms with E-state index in [1.165, 1.54) is 25.1 Å². The van der Waals surface area contributed by atoms with Crippen LogP contribution in [0.25, 0.3) is 0 Å². The van der Waals surface area contributed by atoms with Gasteiger partial charge in [0.05, 0.1) is 12.3 Å². The summed E-state index contributed by atoms with van der Waals surface area (Å²) in [5.41, 5.74) is 2.40. The molecule has 0 aromatic carbocycles. The highest BCUT2D eigenvalue weighted by atomic mass is 16.5. The minimum absolute atomic E-state index is 0.419. The molecule has 1 aromatic heterocycles. The van der Waals surface area contributed by atoms with E-state index in [1.54, 1.807) is 7.11 Å². The van der Waals surface area contributed by atoms with E-state index in [-0.39, 0.29) is 0 Å². The second-order valence-corrected chi connectivity index (χ2v) is 5.33. The SMILES string of the molecule is COC[C@H]1CN(CC2CC2)Cc2nnn(C)c21. The smallest absolute Gasteiger partial charge is 0.100 e. The Morgan fingerprint density at radius 3 is 2.94 bits per heavy atom. The molecule has 0 unspecified atom stereocenters. The monoisotopic (exact) mass is 236 g/mol. The first kappa shape index (κ1) is 11.2. The van der Waals surface area contributed by atoms with Crippen molar-refractivity contribution in [3.63, 3.8) is 0 Å². The molecule has 3 rings (SSSR count). The lowest BCUT2D eigenvalue weighted by molar-refractivity contribution is 0.133. The van der Waals surface area contributed by atoms with Crippen molar-refractivity contribution in [3.8, 4) is 0 Å². The summed E-state index contributed by atoms with van der Waals surface area (Å²) < 4.78 is 7.25. The number of methoxy groups -OCH3 is 1. The summed E-state index contributed by atoms with van der Waals surface area (Å²) >= 11 is 0. The van der Waals surface area contributed by atoms with Crippen LogP contribution < -0.4 is 0 Å². The van der Waals surface area contributed by atoms with Crippen LogP contribution in [0.15, 0.2) is 0 Å². The van der Waals surface area contributed by atoms with Gasteiger partial charge in [0.15, 0.2) is 0 Å². The molecule has 0 radical (unpaired) electrons. The van der Waals surface area contributed by atoms with Crippen LogP contribution in [0.2, 0.25) is 0 Å². The Morgan fingerprint density at radius 1 is 1.41 bits per heavy atom. The first-order valence-corrected chi connectivity index (χ1v) is 6.37. The molecule has 1 saturated carbocycles. The van der Waals surface area contributed by atoms with Gasteiger partial charge in [0.2, 0.25) is 0 Å². The molecule has 0 saturated heterocycles. The first-order valence-electron chi connectivity index (χ1n) is 6.37. The van der Waals surface area contributed by atoms with Crippen molar-refractivity contribution in [1.29, 1.82) is 0 Å². The predicted molar refractivity (Wildman–Crippen MR) is 63.6 cm³/mol. The van der Waals surface area contributed by atoms with E-state index in [0.717, 1.165) is 31.3 Å². The zero-order chi connectivity index (χ0) is 11.8. The summed E-state index contributed by atoms with van der Waals surface area (Å²) in [5, 5.41) is 8.43. The maximum absolute atomic E-state index is 5.34. The molecule has 5 heteroatoms. The van der Waals surface area contributed by atoms with Gasteiger partial charge in [0, 0.05) is 39.7 Å². The molecule has 0 bridgehead atoms. The van der Waals surface area contributed by atoms with Gasteiger partial charge in [-0.3, -0.25) is 9.58 Å². The van der Waals surface area contributed by atoms with Crippen LogP contribution in [-0.4, -0.2) is 46.7 Å². The Bertz CT molecular complexity index is 399. The first-order chi connectivity index (χ1) is 8.28. The standard InChI is InChI=1S/C12H20N4O/c1-15-12-10(8-17-2)6-16(5-9-3-4-9)7-11(12)13-14-15/h9-10H,3-8H2,1-2H3/t10-/m1/s1. The van der Waals surface area contributed by atoms with Crippen LogP contribution in [0.5, 0.6) is 0 Å². The maximum atomic E-state index is 5.34. The van der Waals surface area contributed by atoms with E-state index in [0.29, 0.717) is 5.92 Å². The third kappa shape index (κ3) is 2.21. The summed E-state index contributed by atoms with van der Waals surface area (Å²) in [6.07, 6.45) is 2.80. The van der Waals surface area contributed by atoms with Gasteiger partial charge in [-0.15, -0.1) is 5.10 Å². The lowest BCUT2D eigenvalue weighted by Gasteiger charge is -2.31. The molecule has 0 spiro atoms. The zero-order valence-electron chi connectivity index (χ0n) is 10.6. The van der Waals surface area contributed by atoms with Crippen LogP contribution >= 0.6 is 0 Å². The van der Waals surface area contributed by atoms with Crippen molar-refractivity contribution in [1.82, 2.24) is 19.9 Å². The van der Waals surface area contributed by atoms with Gasteiger partial charge < -0.3 is 4.74 Å². The number of hydrogen-bond acceptors (Lipinski definition) is 4. The Balaban J connectivity index is 1.79. The van der Waals surface area contributed by atoms with Crippen LogP contribution in [-0.2, 0) is 18.3 Å². The molecular weight excluding hydrogens is 216 g/mol. The van der Waals surface area contributed by atoms with Gasteiger partial charge in [0.1, 0.15) is 5.69 Å². The molecule has 1 aromatic rings. The number of nitrogens with zero attached hydrogens (tertiary/aromatic N) is 4. The zero-order valence-corrected chi connectivity index (χ0v) is 10.6. The maximum Gasteiger partial charge on any atom is 0.100 e. The lowest BCUT2D eigenvalue weighted by Crippen LogP contribution is -2.37. The van der Waals surface area contributed by atoms with Crippen molar-refractivity contribution < 1.29 is 4.74 Å². The second kappa shape index (κ2) is 4.38.